The highest BCUT2D eigenvalue weighted by atomic mass is 79.9. The van der Waals surface area contributed by atoms with Gasteiger partial charge in [-0.1, -0.05) is 65.3 Å². The van der Waals surface area contributed by atoms with Gasteiger partial charge < -0.3 is 11.1 Å². The van der Waals surface area contributed by atoms with Crippen molar-refractivity contribution in [2.24, 2.45) is 5.73 Å². The summed E-state index contributed by atoms with van der Waals surface area (Å²) in [5.41, 5.74) is 7.06. The van der Waals surface area contributed by atoms with Crippen LogP contribution in [-0.2, 0) is 4.79 Å². The molecule has 0 aromatic heterocycles. The molecule has 0 saturated carbocycles. The number of primary amides is 1. The average molecular weight is 391 g/mol. The minimum absolute atomic E-state index is 0.0851. The largest absolute Gasteiger partial charge is 0.351 e. The molecule has 5 nitrogen and oxygen atoms in total. The van der Waals surface area contributed by atoms with Crippen molar-refractivity contribution >= 4 is 27.9 Å². The first-order valence-corrected chi connectivity index (χ1v) is 8.56. The third kappa shape index (κ3) is 4.91. The van der Waals surface area contributed by atoms with Crippen molar-refractivity contribution in [3.63, 3.8) is 0 Å². The molecule has 3 amide bonds. The lowest BCUT2D eigenvalue weighted by Crippen LogP contribution is -2.88. The first-order chi connectivity index (χ1) is 11.5. The Kier molecular flexibility index (Phi) is 6.52. The van der Waals surface area contributed by atoms with E-state index in [9.17, 15) is 9.59 Å². The van der Waals surface area contributed by atoms with Crippen molar-refractivity contribution in [2.75, 3.05) is 0 Å². The minimum atomic E-state index is -0.842. The first-order valence-electron chi connectivity index (χ1n) is 7.77. The van der Waals surface area contributed by atoms with Crippen molar-refractivity contribution in [3.8, 4) is 0 Å². The summed E-state index contributed by atoms with van der Waals surface area (Å²) in [7, 11) is 0. The molecule has 0 spiro atoms. The Balaban J connectivity index is 2.27. The van der Waals surface area contributed by atoms with Gasteiger partial charge in [-0.05, 0) is 12.1 Å². The number of halogens is 1. The number of carbonyl (C=O) groups is 2. The van der Waals surface area contributed by atoms with Gasteiger partial charge in [0.25, 0.3) is 5.91 Å². The SMILES string of the molecule is CC[C@H]([NH2+][C@@H](C(=O)NC(N)=O)c1ccccc1)c1ccc(Br)cc1. The molecular formula is C18H21BrN3O2+. The number of rotatable bonds is 6. The van der Waals surface area contributed by atoms with Crippen molar-refractivity contribution in [3.05, 3.63) is 70.2 Å². The van der Waals surface area contributed by atoms with Gasteiger partial charge in [-0.15, -0.1) is 0 Å². The topological polar surface area (TPSA) is 88.8 Å². The second-order valence-electron chi connectivity index (χ2n) is 5.50. The molecule has 2 rings (SSSR count). The van der Waals surface area contributed by atoms with Gasteiger partial charge in [0, 0.05) is 22.0 Å². The third-order valence-electron chi connectivity index (χ3n) is 3.85. The summed E-state index contributed by atoms with van der Waals surface area (Å²) in [5.74, 6) is -0.413. The molecule has 0 heterocycles. The Labute approximate surface area is 149 Å². The Bertz CT molecular complexity index is 689. The van der Waals surface area contributed by atoms with E-state index in [4.69, 9.17) is 5.73 Å². The van der Waals surface area contributed by atoms with Crippen LogP contribution < -0.4 is 16.4 Å². The summed E-state index contributed by atoms with van der Waals surface area (Å²) in [6.07, 6.45) is 0.842. The smallest absolute Gasteiger partial charge is 0.319 e. The number of imide groups is 1. The van der Waals surface area contributed by atoms with E-state index >= 15 is 0 Å². The molecule has 2 atom stereocenters. The monoisotopic (exact) mass is 390 g/mol. The molecule has 126 valence electrons. The number of quaternary nitrogens is 1. The highest BCUT2D eigenvalue weighted by Gasteiger charge is 2.28. The molecule has 2 aromatic rings. The lowest BCUT2D eigenvalue weighted by molar-refractivity contribution is -0.722. The molecule has 0 aliphatic rings. The minimum Gasteiger partial charge on any atom is -0.351 e. The van der Waals surface area contributed by atoms with E-state index in [0.29, 0.717) is 0 Å². The van der Waals surface area contributed by atoms with E-state index < -0.39 is 18.0 Å². The molecule has 0 aliphatic carbocycles. The number of amides is 3. The van der Waals surface area contributed by atoms with Crippen LogP contribution in [0.2, 0.25) is 0 Å². The summed E-state index contributed by atoms with van der Waals surface area (Å²) in [5, 5.41) is 4.16. The fraction of sp³-hybridized carbons (Fsp3) is 0.222. The molecule has 0 unspecified atom stereocenters. The van der Waals surface area contributed by atoms with E-state index in [1.807, 2.05) is 59.9 Å². The quantitative estimate of drug-likeness (QED) is 0.706. The molecule has 6 heteroatoms. The number of benzene rings is 2. The fourth-order valence-electron chi connectivity index (χ4n) is 2.63. The van der Waals surface area contributed by atoms with Crippen LogP contribution in [0.1, 0.15) is 36.6 Å². The lowest BCUT2D eigenvalue weighted by atomic mass is 10.00. The van der Waals surface area contributed by atoms with Gasteiger partial charge in [0.05, 0.1) is 0 Å². The molecule has 5 N–H and O–H groups in total. The predicted molar refractivity (Wildman–Crippen MR) is 96.0 cm³/mol. The fourth-order valence-corrected chi connectivity index (χ4v) is 2.90. The summed E-state index contributed by atoms with van der Waals surface area (Å²) >= 11 is 3.43. The maximum atomic E-state index is 12.4. The molecule has 0 fully saturated rings. The van der Waals surface area contributed by atoms with Gasteiger partial charge in [-0.2, -0.15) is 0 Å². The van der Waals surface area contributed by atoms with Crippen LogP contribution in [0.3, 0.4) is 0 Å². The lowest BCUT2D eigenvalue weighted by Gasteiger charge is -2.21. The second-order valence-corrected chi connectivity index (χ2v) is 6.42. The highest BCUT2D eigenvalue weighted by Crippen LogP contribution is 2.18. The molecule has 24 heavy (non-hydrogen) atoms. The van der Waals surface area contributed by atoms with Crippen molar-refractivity contribution in [1.82, 2.24) is 5.32 Å². The van der Waals surface area contributed by atoms with E-state index in [0.717, 1.165) is 22.0 Å². The molecule has 0 saturated heterocycles. The van der Waals surface area contributed by atoms with Crippen molar-refractivity contribution in [1.29, 1.82) is 0 Å². The summed E-state index contributed by atoms with van der Waals surface area (Å²) in [6.45, 7) is 2.07. The number of nitrogens with two attached hydrogens (primary N) is 2. The van der Waals surface area contributed by atoms with E-state index in [-0.39, 0.29) is 6.04 Å². The van der Waals surface area contributed by atoms with Crippen LogP contribution in [0, 0.1) is 0 Å². The Morgan fingerprint density at radius 1 is 1.08 bits per heavy atom. The van der Waals surface area contributed by atoms with Gasteiger partial charge >= 0.3 is 6.03 Å². The van der Waals surface area contributed by atoms with Crippen LogP contribution in [0.5, 0.6) is 0 Å². The first kappa shape index (κ1) is 18.2. The third-order valence-corrected chi connectivity index (χ3v) is 4.38. The standard InChI is InChI=1S/C18H20BrN3O2/c1-2-15(12-8-10-14(19)11-9-12)21-16(17(23)22-18(20)24)13-6-4-3-5-7-13/h3-11,15-16,21H,2H2,1H3,(H3,20,22,23,24)/p+1/t15-,16+/m0/s1. The Morgan fingerprint density at radius 3 is 2.25 bits per heavy atom. The molecule has 0 radical (unpaired) electrons. The van der Waals surface area contributed by atoms with Crippen LogP contribution in [0.25, 0.3) is 0 Å². The molecule has 0 aliphatic heterocycles. The van der Waals surface area contributed by atoms with Gasteiger partial charge in [0.2, 0.25) is 0 Å². The summed E-state index contributed by atoms with van der Waals surface area (Å²) in [6, 6.07) is 16.1. The average Bonchev–Trinajstić information content (AvgIpc) is 2.57. The number of hydrogen-bond donors (Lipinski definition) is 3. The molecule has 2 aromatic carbocycles. The van der Waals surface area contributed by atoms with E-state index in [2.05, 4.69) is 28.2 Å². The zero-order chi connectivity index (χ0) is 17.5. The summed E-state index contributed by atoms with van der Waals surface area (Å²) < 4.78 is 1.01. The normalized spacial score (nSPS) is 13.1. The Hall–Kier alpha value is -2.18. The number of hydrogen-bond acceptors (Lipinski definition) is 2. The molecule has 0 bridgehead atoms. The zero-order valence-corrected chi connectivity index (χ0v) is 15.0. The maximum Gasteiger partial charge on any atom is 0.319 e. The van der Waals surface area contributed by atoms with Crippen LogP contribution >= 0.6 is 15.9 Å². The van der Waals surface area contributed by atoms with Gasteiger partial charge in [-0.25, -0.2) is 4.79 Å². The van der Waals surface area contributed by atoms with Crippen molar-refractivity contribution in [2.45, 2.75) is 25.4 Å². The predicted octanol–water partition coefficient (Wildman–Crippen LogP) is 2.40. The van der Waals surface area contributed by atoms with Crippen LogP contribution in [0.4, 0.5) is 4.79 Å². The van der Waals surface area contributed by atoms with E-state index in [1.54, 1.807) is 0 Å². The van der Waals surface area contributed by atoms with E-state index in [1.165, 1.54) is 0 Å². The molecular weight excluding hydrogens is 370 g/mol. The van der Waals surface area contributed by atoms with Crippen LogP contribution in [0.15, 0.2) is 59.1 Å². The summed E-state index contributed by atoms with van der Waals surface area (Å²) in [4.78, 5) is 23.5. The highest BCUT2D eigenvalue weighted by molar-refractivity contribution is 9.10. The zero-order valence-electron chi connectivity index (χ0n) is 13.4. The van der Waals surface area contributed by atoms with Gasteiger partial charge in [-0.3, -0.25) is 10.1 Å². The number of nitrogens with one attached hydrogen (secondary N) is 1. The number of urea groups is 1. The van der Waals surface area contributed by atoms with Crippen LogP contribution in [-0.4, -0.2) is 11.9 Å². The number of carbonyl (C=O) groups excluding carboxylic acids is 2. The van der Waals surface area contributed by atoms with Crippen molar-refractivity contribution < 1.29 is 14.9 Å². The Morgan fingerprint density at radius 2 is 1.71 bits per heavy atom. The second kappa shape index (κ2) is 8.61. The van der Waals surface area contributed by atoms with Gasteiger partial charge in [0.1, 0.15) is 6.04 Å². The van der Waals surface area contributed by atoms with Gasteiger partial charge in [0.15, 0.2) is 6.04 Å². The maximum absolute atomic E-state index is 12.4.